The number of hydrogen-bond donors (Lipinski definition) is 2. The van der Waals surface area contributed by atoms with Gasteiger partial charge in [0.1, 0.15) is 5.75 Å². The Bertz CT molecular complexity index is 941. The summed E-state index contributed by atoms with van der Waals surface area (Å²) in [5.41, 5.74) is 6.59. The second-order valence-corrected chi connectivity index (χ2v) is 6.04. The van der Waals surface area contributed by atoms with Gasteiger partial charge in [-0.2, -0.15) is 5.10 Å². The molecule has 3 aromatic rings. The molecule has 0 spiro atoms. The van der Waals surface area contributed by atoms with Gasteiger partial charge in [-0.3, -0.25) is 4.79 Å². The normalized spacial score (nSPS) is 17.2. The van der Waals surface area contributed by atoms with Crippen LogP contribution in [0.15, 0.2) is 59.8 Å². The number of amides is 1. The summed E-state index contributed by atoms with van der Waals surface area (Å²) in [7, 11) is 0. The van der Waals surface area contributed by atoms with E-state index in [4.69, 9.17) is 4.74 Å². The summed E-state index contributed by atoms with van der Waals surface area (Å²) >= 11 is 0. The van der Waals surface area contributed by atoms with Crippen LogP contribution in [-0.2, 0) is 4.79 Å². The SMILES string of the molecule is CCOc1ccc(C2=NNC(=O)[C@H](c3c[nH]c4ccccc34)C2)cc1. The van der Waals surface area contributed by atoms with E-state index in [0.717, 1.165) is 33.5 Å². The van der Waals surface area contributed by atoms with Crippen LogP contribution in [0.2, 0.25) is 0 Å². The molecule has 2 heterocycles. The molecule has 126 valence electrons. The largest absolute Gasteiger partial charge is 0.494 e. The van der Waals surface area contributed by atoms with Gasteiger partial charge in [0.25, 0.3) is 0 Å². The van der Waals surface area contributed by atoms with E-state index in [2.05, 4.69) is 15.5 Å². The average molecular weight is 333 g/mol. The highest BCUT2D eigenvalue weighted by Crippen LogP contribution is 2.31. The molecule has 0 unspecified atom stereocenters. The van der Waals surface area contributed by atoms with Gasteiger partial charge in [-0.1, -0.05) is 18.2 Å². The Morgan fingerprint density at radius 2 is 1.96 bits per heavy atom. The molecule has 0 saturated heterocycles. The van der Waals surface area contributed by atoms with E-state index < -0.39 is 0 Å². The van der Waals surface area contributed by atoms with E-state index >= 15 is 0 Å². The summed E-state index contributed by atoms with van der Waals surface area (Å²) in [5.74, 6) is 0.509. The lowest BCUT2D eigenvalue weighted by Crippen LogP contribution is -2.33. The summed E-state index contributed by atoms with van der Waals surface area (Å²) in [6.45, 7) is 2.60. The van der Waals surface area contributed by atoms with Gasteiger partial charge in [0, 0.05) is 23.5 Å². The monoisotopic (exact) mass is 333 g/mol. The van der Waals surface area contributed by atoms with Crippen LogP contribution in [0, 0.1) is 0 Å². The highest BCUT2D eigenvalue weighted by molar-refractivity contribution is 6.07. The first-order valence-electron chi connectivity index (χ1n) is 8.42. The zero-order valence-electron chi connectivity index (χ0n) is 14.0. The van der Waals surface area contributed by atoms with Crippen molar-refractivity contribution in [2.24, 2.45) is 5.10 Å². The van der Waals surface area contributed by atoms with Crippen LogP contribution < -0.4 is 10.2 Å². The van der Waals surface area contributed by atoms with Crippen molar-refractivity contribution in [1.82, 2.24) is 10.4 Å². The van der Waals surface area contributed by atoms with Crippen molar-refractivity contribution in [3.05, 3.63) is 65.9 Å². The van der Waals surface area contributed by atoms with Crippen LogP contribution in [0.3, 0.4) is 0 Å². The molecule has 1 amide bonds. The van der Waals surface area contributed by atoms with Crippen molar-refractivity contribution < 1.29 is 9.53 Å². The zero-order chi connectivity index (χ0) is 17.2. The van der Waals surface area contributed by atoms with Crippen molar-refractivity contribution in [3.63, 3.8) is 0 Å². The van der Waals surface area contributed by atoms with Crippen molar-refractivity contribution in [2.45, 2.75) is 19.3 Å². The maximum atomic E-state index is 12.4. The molecule has 0 radical (unpaired) electrons. The van der Waals surface area contributed by atoms with E-state index in [9.17, 15) is 4.79 Å². The minimum atomic E-state index is -0.254. The maximum Gasteiger partial charge on any atom is 0.248 e. The van der Waals surface area contributed by atoms with Gasteiger partial charge >= 0.3 is 0 Å². The lowest BCUT2D eigenvalue weighted by Gasteiger charge is -2.21. The first kappa shape index (κ1) is 15.4. The van der Waals surface area contributed by atoms with Gasteiger partial charge in [0.15, 0.2) is 0 Å². The Morgan fingerprint density at radius 3 is 2.76 bits per heavy atom. The predicted octanol–water partition coefficient (Wildman–Crippen LogP) is 3.57. The summed E-state index contributed by atoms with van der Waals surface area (Å²) in [4.78, 5) is 15.6. The number of nitrogens with one attached hydrogen (secondary N) is 2. The minimum absolute atomic E-state index is 0.0700. The fourth-order valence-corrected chi connectivity index (χ4v) is 3.26. The van der Waals surface area contributed by atoms with Crippen LogP contribution in [0.25, 0.3) is 10.9 Å². The first-order chi connectivity index (χ1) is 12.3. The third kappa shape index (κ3) is 2.89. The van der Waals surface area contributed by atoms with Crippen molar-refractivity contribution in [3.8, 4) is 5.75 Å². The maximum absolute atomic E-state index is 12.4. The summed E-state index contributed by atoms with van der Waals surface area (Å²) in [6, 6.07) is 15.8. The van der Waals surface area contributed by atoms with Crippen LogP contribution >= 0.6 is 0 Å². The summed E-state index contributed by atoms with van der Waals surface area (Å²) in [6.07, 6.45) is 2.50. The van der Waals surface area contributed by atoms with E-state index in [1.807, 2.05) is 61.7 Å². The number of carbonyl (C=O) groups excluding carboxylic acids is 1. The average Bonchev–Trinajstić information content (AvgIpc) is 3.07. The molecule has 1 aliphatic rings. The Kier molecular flexibility index (Phi) is 3.98. The number of hydrazone groups is 1. The van der Waals surface area contributed by atoms with E-state index in [1.165, 1.54) is 0 Å². The second-order valence-electron chi connectivity index (χ2n) is 6.04. The van der Waals surface area contributed by atoms with Gasteiger partial charge in [-0.25, -0.2) is 5.43 Å². The van der Waals surface area contributed by atoms with Gasteiger partial charge in [-0.15, -0.1) is 0 Å². The number of aromatic amines is 1. The summed E-state index contributed by atoms with van der Waals surface area (Å²) < 4.78 is 5.48. The Labute approximate surface area is 145 Å². The summed E-state index contributed by atoms with van der Waals surface area (Å²) in [5, 5.41) is 5.34. The van der Waals surface area contributed by atoms with Crippen molar-refractivity contribution in [2.75, 3.05) is 6.61 Å². The third-order valence-corrected chi connectivity index (χ3v) is 4.51. The highest BCUT2D eigenvalue weighted by atomic mass is 16.5. The number of fused-ring (bicyclic) bond motifs is 1. The number of ether oxygens (including phenoxy) is 1. The van der Waals surface area contributed by atoms with Gasteiger partial charge in [0.05, 0.1) is 18.2 Å². The molecule has 1 aliphatic heterocycles. The van der Waals surface area contributed by atoms with Gasteiger partial charge in [-0.05, 0) is 48.4 Å². The molecule has 2 aromatic carbocycles. The van der Waals surface area contributed by atoms with E-state index in [0.29, 0.717) is 13.0 Å². The lowest BCUT2D eigenvalue weighted by molar-refractivity contribution is -0.122. The molecular formula is C20H19N3O2. The minimum Gasteiger partial charge on any atom is -0.494 e. The van der Waals surface area contributed by atoms with Crippen LogP contribution in [-0.4, -0.2) is 23.2 Å². The number of rotatable bonds is 4. The second kappa shape index (κ2) is 6.43. The Morgan fingerprint density at radius 1 is 1.16 bits per heavy atom. The Balaban J connectivity index is 1.63. The van der Waals surface area contributed by atoms with Crippen LogP contribution in [0.4, 0.5) is 0 Å². The topological polar surface area (TPSA) is 66.5 Å². The highest BCUT2D eigenvalue weighted by Gasteiger charge is 2.29. The molecule has 4 rings (SSSR count). The molecule has 5 nitrogen and oxygen atoms in total. The van der Waals surface area contributed by atoms with Crippen molar-refractivity contribution in [1.29, 1.82) is 0 Å². The molecule has 0 saturated carbocycles. The first-order valence-corrected chi connectivity index (χ1v) is 8.42. The molecule has 2 N–H and O–H groups in total. The molecule has 1 atom stereocenters. The molecular weight excluding hydrogens is 314 g/mol. The quantitative estimate of drug-likeness (QED) is 0.766. The molecule has 0 aliphatic carbocycles. The predicted molar refractivity (Wildman–Crippen MR) is 97.9 cm³/mol. The standard InChI is InChI=1S/C20H19N3O2/c1-2-25-14-9-7-13(8-10-14)19-11-16(20(24)23-22-19)17-12-21-18-6-4-3-5-15(17)18/h3-10,12,16,21H,2,11H2,1H3,(H,23,24)/t16-/m0/s1. The Hall–Kier alpha value is -3.08. The van der Waals surface area contributed by atoms with E-state index in [-0.39, 0.29) is 11.8 Å². The smallest absolute Gasteiger partial charge is 0.248 e. The van der Waals surface area contributed by atoms with Gasteiger partial charge < -0.3 is 9.72 Å². The fourth-order valence-electron chi connectivity index (χ4n) is 3.26. The number of nitrogens with zero attached hydrogens (tertiary/aromatic N) is 1. The number of hydrogen-bond acceptors (Lipinski definition) is 3. The zero-order valence-corrected chi connectivity index (χ0v) is 14.0. The molecule has 0 fully saturated rings. The third-order valence-electron chi connectivity index (χ3n) is 4.51. The van der Waals surface area contributed by atoms with Crippen molar-refractivity contribution >= 4 is 22.5 Å². The molecule has 25 heavy (non-hydrogen) atoms. The number of aromatic nitrogens is 1. The van der Waals surface area contributed by atoms with Crippen LogP contribution in [0.1, 0.15) is 30.4 Å². The van der Waals surface area contributed by atoms with E-state index in [1.54, 1.807) is 0 Å². The molecule has 5 heteroatoms. The van der Waals surface area contributed by atoms with Gasteiger partial charge in [0.2, 0.25) is 5.91 Å². The number of H-pyrrole nitrogens is 1. The number of carbonyl (C=O) groups is 1. The number of benzene rings is 2. The molecule has 1 aromatic heterocycles. The molecule has 0 bridgehead atoms. The van der Waals surface area contributed by atoms with Crippen LogP contribution in [0.5, 0.6) is 5.75 Å². The number of para-hydroxylation sites is 1. The fraction of sp³-hybridized carbons (Fsp3) is 0.200. The lowest BCUT2D eigenvalue weighted by atomic mass is 9.89.